The summed E-state index contributed by atoms with van der Waals surface area (Å²) in [4.78, 5) is 4.06. The highest BCUT2D eigenvalue weighted by Gasteiger charge is 2.22. The number of benzene rings is 2. The molecule has 0 saturated heterocycles. The fourth-order valence-electron chi connectivity index (χ4n) is 2.70. The first-order chi connectivity index (χ1) is 11.4. The SMILES string of the molecule is C(=C\c1ccc2ccccc2c1OCC1CC1)/c1ccncc1. The van der Waals surface area contributed by atoms with Crippen LogP contribution in [0.4, 0.5) is 0 Å². The van der Waals surface area contributed by atoms with Gasteiger partial charge in [-0.1, -0.05) is 48.6 Å². The van der Waals surface area contributed by atoms with E-state index in [1.165, 1.54) is 23.6 Å². The van der Waals surface area contributed by atoms with E-state index in [0.29, 0.717) is 0 Å². The van der Waals surface area contributed by atoms with Gasteiger partial charge in [0.1, 0.15) is 5.75 Å². The zero-order valence-corrected chi connectivity index (χ0v) is 13.0. The van der Waals surface area contributed by atoms with E-state index in [9.17, 15) is 0 Å². The Bertz CT molecular complexity index is 835. The van der Waals surface area contributed by atoms with Gasteiger partial charge in [-0.15, -0.1) is 0 Å². The van der Waals surface area contributed by atoms with Gasteiger partial charge in [-0.25, -0.2) is 0 Å². The lowest BCUT2D eigenvalue weighted by Gasteiger charge is -2.12. The van der Waals surface area contributed by atoms with Crippen LogP contribution in [0.25, 0.3) is 22.9 Å². The van der Waals surface area contributed by atoms with Crippen LogP contribution in [0.2, 0.25) is 0 Å². The number of aromatic nitrogens is 1. The Hall–Kier alpha value is -2.61. The predicted octanol–water partition coefficient (Wildman–Crippen LogP) is 5.19. The molecule has 2 nitrogen and oxygen atoms in total. The second-order valence-corrected chi connectivity index (χ2v) is 6.07. The predicted molar refractivity (Wildman–Crippen MR) is 95.3 cm³/mol. The Morgan fingerprint density at radius 2 is 1.78 bits per heavy atom. The molecule has 1 heterocycles. The molecule has 23 heavy (non-hydrogen) atoms. The molecule has 1 aliphatic rings. The van der Waals surface area contributed by atoms with Crippen molar-refractivity contribution in [3.63, 3.8) is 0 Å². The number of fused-ring (bicyclic) bond motifs is 1. The molecule has 1 fully saturated rings. The van der Waals surface area contributed by atoms with Crippen molar-refractivity contribution < 1.29 is 4.74 Å². The highest BCUT2D eigenvalue weighted by molar-refractivity contribution is 5.93. The minimum Gasteiger partial charge on any atom is -0.492 e. The summed E-state index contributed by atoms with van der Waals surface area (Å²) in [5.74, 6) is 1.74. The molecule has 114 valence electrons. The lowest BCUT2D eigenvalue weighted by molar-refractivity contribution is 0.302. The number of ether oxygens (including phenoxy) is 1. The average Bonchev–Trinajstić information content (AvgIpc) is 3.43. The van der Waals surface area contributed by atoms with E-state index in [0.717, 1.165) is 29.4 Å². The molecule has 0 aliphatic heterocycles. The van der Waals surface area contributed by atoms with E-state index in [1.807, 2.05) is 24.5 Å². The van der Waals surface area contributed by atoms with E-state index >= 15 is 0 Å². The average molecular weight is 301 g/mol. The fraction of sp³-hybridized carbons (Fsp3) is 0.190. The molecule has 0 spiro atoms. The van der Waals surface area contributed by atoms with Gasteiger partial charge in [0.2, 0.25) is 0 Å². The Morgan fingerprint density at radius 3 is 2.61 bits per heavy atom. The van der Waals surface area contributed by atoms with Gasteiger partial charge >= 0.3 is 0 Å². The lowest BCUT2D eigenvalue weighted by atomic mass is 10.0. The van der Waals surface area contributed by atoms with Gasteiger partial charge in [0.25, 0.3) is 0 Å². The van der Waals surface area contributed by atoms with Crippen LogP contribution in [0, 0.1) is 5.92 Å². The van der Waals surface area contributed by atoms with Crippen LogP contribution in [0.5, 0.6) is 5.75 Å². The van der Waals surface area contributed by atoms with E-state index in [-0.39, 0.29) is 0 Å². The van der Waals surface area contributed by atoms with Gasteiger partial charge in [-0.05, 0) is 41.8 Å². The van der Waals surface area contributed by atoms with E-state index in [4.69, 9.17) is 4.74 Å². The molecule has 3 aromatic rings. The van der Waals surface area contributed by atoms with Gasteiger partial charge in [-0.3, -0.25) is 4.98 Å². The summed E-state index contributed by atoms with van der Waals surface area (Å²) in [6.45, 7) is 0.824. The van der Waals surface area contributed by atoms with Crippen LogP contribution in [0.15, 0.2) is 60.9 Å². The normalized spacial score (nSPS) is 14.4. The number of pyridine rings is 1. The molecule has 0 atom stereocenters. The quantitative estimate of drug-likeness (QED) is 0.646. The fourth-order valence-corrected chi connectivity index (χ4v) is 2.70. The molecule has 1 aromatic heterocycles. The van der Waals surface area contributed by atoms with Crippen molar-refractivity contribution in [3.8, 4) is 5.75 Å². The summed E-state index contributed by atoms with van der Waals surface area (Å²) >= 11 is 0. The second kappa shape index (κ2) is 6.25. The largest absolute Gasteiger partial charge is 0.492 e. The summed E-state index contributed by atoms with van der Waals surface area (Å²) in [6.07, 6.45) is 10.5. The zero-order chi connectivity index (χ0) is 15.5. The molecule has 0 N–H and O–H groups in total. The van der Waals surface area contributed by atoms with Crippen molar-refractivity contribution in [2.24, 2.45) is 5.92 Å². The Labute approximate surface area is 136 Å². The summed E-state index contributed by atoms with van der Waals surface area (Å²) in [5.41, 5.74) is 2.27. The Morgan fingerprint density at radius 1 is 0.957 bits per heavy atom. The summed E-state index contributed by atoms with van der Waals surface area (Å²) in [6, 6.07) is 16.7. The van der Waals surface area contributed by atoms with Gasteiger partial charge < -0.3 is 4.74 Å². The Balaban J connectivity index is 1.71. The minimum absolute atomic E-state index is 0.742. The minimum atomic E-state index is 0.742. The third-order valence-electron chi connectivity index (χ3n) is 4.23. The summed E-state index contributed by atoms with van der Waals surface area (Å²) < 4.78 is 6.20. The smallest absolute Gasteiger partial charge is 0.134 e. The van der Waals surface area contributed by atoms with Crippen LogP contribution in [-0.4, -0.2) is 11.6 Å². The van der Waals surface area contributed by atoms with Crippen molar-refractivity contribution in [3.05, 3.63) is 72.1 Å². The van der Waals surface area contributed by atoms with Crippen LogP contribution < -0.4 is 4.74 Å². The molecule has 0 amide bonds. The van der Waals surface area contributed by atoms with E-state index in [1.54, 1.807) is 0 Å². The topological polar surface area (TPSA) is 22.1 Å². The molecule has 0 unspecified atom stereocenters. The van der Waals surface area contributed by atoms with Crippen molar-refractivity contribution in [2.45, 2.75) is 12.8 Å². The molecule has 0 radical (unpaired) electrons. The first-order valence-electron chi connectivity index (χ1n) is 8.13. The second-order valence-electron chi connectivity index (χ2n) is 6.07. The highest BCUT2D eigenvalue weighted by atomic mass is 16.5. The van der Waals surface area contributed by atoms with E-state index < -0.39 is 0 Å². The molecular formula is C21H19NO. The standard InChI is InChI=1S/C21H19NO/c1-2-4-20-18(3-1)9-10-19(21(20)23-15-17-5-6-17)8-7-16-11-13-22-14-12-16/h1-4,7-14,17H,5-6,15H2/b8-7+. The highest BCUT2D eigenvalue weighted by Crippen LogP contribution is 2.34. The maximum Gasteiger partial charge on any atom is 0.134 e. The van der Waals surface area contributed by atoms with Crippen molar-refractivity contribution in [1.82, 2.24) is 4.98 Å². The molecular weight excluding hydrogens is 282 g/mol. The number of rotatable bonds is 5. The van der Waals surface area contributed by atoms with Gasteiger partial charge in [-0.2, -0.15) is 0 Å². The Kier molecular flexibility index (Phi) is 3.81. The first kappa shape index (κ1) is 14.0. The number of hydrogen-bond acceptors (Lipinski definition) is 2. The van der Waals surface area contributed by atoms with Crippen LogP contribution >= 0.6 is 0 Å². The van der Waals surface area contributed by atoms with Gasteiger partial charge in [0.05, 0.1) is 6.61 Å². The van der Waals surface area contributed by atoms with Crippen LogP contribution in [-0.2, 0) is 0 Å². The number of hydrogen-bond donors (Lipinski definition) is 0. The van der Waals surface area contributed by atoms with E-state index in [2.05, 4.69) is 53.5 Å². The maximum absolute atomic E-state index is 6.20. The monoisotopic (exact) mass is 301 g/mol. The van der Waals surface area contributed by atoms with Gasteiger partial charge in [0, 0.05) is 23.3 Å². The van der Waals surface area contributed by atoms with Crippen molar-refractivity contribution in [1.29, 1.82) is 0 Å². The van der Waals surface area contributed by atoms with Crippen LogP contribution in [0.1, 0.15) is 24.0 Å². The third kappa shape index (κ3) is 3.26. The molecule has 2 aromatic carbocycles. The number of nitrogens with zero attached hydrogens (tertiary/aromatic N) is 1. The molecule has 1 aliphatic carbocycles. The first-order valence-corrected chi connectivity index (χ1v) is 8.13. The summed E-state index contributed by atoms with van der Waals surface area (Å²) in [5, 5.41) is 2.41. The van der Waals surface area contributed by atoms with Gasteiger partial charge in [0.15, 0.2) is 0 Å². The molecule has 1 saturated carbocycles. The summed E-state index contributed by atoms with van der Waals surface area (Å²) in [7, 11) is 0. The molecule has 2 heteroatoms. The molecule has 4 rings (SSSR count). The lowest BCUT2D eigenvalue weighted by Crippen LogP contribution is -2.01. The van der Waals surface area contributed by atoms with Crippen LogP contribution in [0.3, 0.4) is 0 Å². The maximum atomic E-state index is 6.20. The molecule has 0 bridgehead atoms. The van der Waals surface area contributed by atoms with Crippen molar-refractivity contribution >= 4 is 22.9 Å². The van der Waals surface area contributed by atoms with Crippen molar-refractivity contribution in [2.75, 3.05) is 6.61 Å². The zero-order valence-electron chi connectivity index (χ0n) is 13.0. The third-order valence-corrected chi connectivity index (χ3v) is 4.23.